The van der Waals surface area contributed by atoms with Crippen LogP contribution in [0.4, 0.5) is 17.6 Å². The minimum Gasteiger partial charge on any atom is -0.395 e. The molecule has 0 spiro atoms. The van der Waals surface area contributed by atoms with Crippen LogP contribution in [0.3, 0.4) is 0 Å². The van der Waals surface area contributed by atoms with E-state index in [-0.39, 0.29) is 43.5 Å². The molecule has 2 fully saturated rings. The highest BCUT2D eigenvalue weighted by molar-refractivity contribution is 7.89. The number of halogens is 4. The predicted octanol–water partition coefficient (Wildman–Crippen LogP) is 5.74. The van der Waals surface area contributed by atoms with Crippen LogP contribution in [-0.2, 0) is 16.2 Å². The molecule has 5 rings (SSSR count). The minimum absolute atomic E-state index is 0.0215. The SMILES string of the molecule is Cc1c(F)ccc(-c2ccc([C@@H]3C(CO)N4CCCCN(S(=O)(=O)c5ccccc5C(F)(F)F)CC34)cc2)c1C. The Bertz CT molecular complexity index is 1490. The van der Waals surface area contributed by atoms with Crippen LogP contribution in [0.2, 0.25) is 0 Å². The molecule has 1 N–H and O–H groups in total. The van der Waals surface area contributed by atoms with E-state index in [1.165, 1.54) is 22.5 Å². The number of hydrogen-bond donors (Lipinski definition) is 1. The highest BCUT2D eigenvalue weighted by atomic mass is 32.2. The first-order valence-electron chi connectivity index (χ1n) is 13.3. The van der Waals surface area contributed by atoms with Crippen molar-refractivity contribution in [1.82, 2.24) is 9.21 Å². The van der Waals surface area contributed by atoms with Crippen LogP contribution >= 0.6 is 0 Å². The van der Waals surface area contributed by atoms with E-state index < -0.39 is 26.7 Å². The third-order valence-electron chi connectivity index (χ3n) is 8.47. The summed E-state index contributed by atoms with van der Waals surface area (Å²) in [6.07, 6.45) is -3.64. The molecule has 2 saturated heterocycles. The van der Waals surface area contributed by atoms with Crippen molar-refractivity contribution in [3.05, 3.63) is 88.7 Å². The van der Waals surface area contributed by atoms with Crippen molar-refractivity contribution in [3.8, 4) is 11.1 Å². The molecule has 214 valence electrons. The van der Waals surface area contributed by atoms with E-state index in [1.807, 2.05) is 31.2 Å². The maximum absolute atomic E-state index is 14.0. The number of aliphatic hydroxyl groups is 1. The van der Waals surface area contributed by atoms with Gasteiger partial charge in [-0.2, -0.15) is 17.5 Å². The smallest absolute Gasteiger partial charge is 0.395 e. The molecule has 0 radical (unpaired) electrons. The van der Waals surface area contributed by atoms with Crippen molar-refractivity contribution in [2.45, 2.75) is 55.8 Å². The molecule has 0 aliphatic carbocycles. The van der Waals surface area contributed by atoms with Crippen molar-refractivity contribution in [3.63, 3.8) is 0 Å². The van der Waals surface area contributed by atoms with E-state index >= 15 is 0 Å². The minimum atomic E-state index is -4.80. The summed E-state index contributed by atoms with van der Waals surface area (Å²) in [5.41, 5.74) is 2.98. The lowest BCUT2D eigenvalue weighted by Gasteiger charge is -2.57. The summed E-state index contributed by atoms with van der Waals surface area (Å²) < 4.78 is 83.5. The second-order valence-electron chi connectivity index (χ2n) is 10.6. The van der Waals surface area contributed by atoms with Crippen molar-refractivity contribution in [2.24, 2.45) is 0 Å². The number of rotatable bonds is 5. The Morgan fingerprint density at radius 2 is 1.60 bits per heavy atom. The molecule has 0 amide bonds. The fourth-order valence-electron chi connectivity index (χ4n) is 6.18. The standard InChI is InChI=1S/C30H32F4N2O3S/c1-19-20(2)25(31)14-13-23(19)21-9-11-22(12-10-21)29-26-17-35(15-5-6-16-36(26)27(29)18-37)40(38,39)28-8-4-3-7-24(28)30(32,33)34/h3-4,7-14,26-27,29,37H,5-6,15-18H2,1-2H3/t26?,27?,29-/m0/s1. The van der Waals surface area contributed by atoms with Crippen LogP contribution in [0.25, 0.3) is 11.1 Å². The van der Waals surface area contributed by atoms with Gasteiger partial charge in [-0.1, -0.05) is 42.5 Å². The van der Waals surface area contributed by atoms with Crippen molar-refractivity contribution < 1.29 is 31.1 Å². The lowest BCUT2D eigenvalue weighted by atomic mass is 9.74. The highest BCUT2D eigenvalue weighted by Gasteiger charge is 2.50. The van der Waals surface area contributed by atoms with Gasteiger partial charge in [-0.3, -0.25) is 4.90 Å². The van der Waals surface area contributed by atoms with Gasteiger partial charge in [0, 0.05) is 31.1 Å². The van der Waals surface area contributed by atoms with Gasteiger partial charge in [0.05, 0.1) is 17.1 Å². The summed E-state index contributed by atoms with van der Waals surface area (Å²) >= 11 is 0. The van der Waals surface area contributed by atoms with Gasteiger partial charge >= 0.3 is 6.18 Å². The second-order valence-corrected chi connectivity index (χ2v) is 12.5. The lowest BCUT2D eigenvalue weighted by molar-refractivity contribution is -0.139. The van der Waals surface area contributed by atoms with Gasteiger partial charge in [0.1, 0.15) is 5.82 Å². The second kappa shape index (κ2) is 10.9. The van der Waals surface area contributed by atoms with Crippen molar-refractivity contribution in [2.75, 3.05) is 26.2 Å². The first-order chi connectivity index (χ1) is 18.9. The Balaban J connectivity index is 1.46. The maximum atomic E-state index is 14.0. The third-order valence-corrected chi connectivity index (χ3v) is 10.4. The third kappa shape index (κ3) is 5.06. The largest absolute Gasteiger partial charge is 0.417 e. The van der Waals surface area contributed by atoms with E-state index in [9.17, 15) is 31.1 Å². The molecule has 0 saturated carbocycles. The molecule has 0 aromatic heterocycles. The average molecular weight is 577 g/mol. The molecule has 2 aliphatic heterocycles. The number of hydrogen-bond acceptors (Lipinski definition) is 4. The van der Waals surface area contributed by atoms with Crippen LogP contribution in [0, 0.1) is 19.7 Å². The topological polar surface area (TPSA) is 60.9 Å². The number of nitrogens with zero attached hydrogens (tertiary/aromatic N) is 2. The van der Waals surface area contributed by atoms with Crippen LogP contribution < -0.4 is 0 Å². The molecule has 0 bridgehead atoms. The first kappa shape index (κ1) is 28.7. The van der Waals surface area contributed by atoms with E-state index in [1.54, 1.807) is 13.0 Å². The molecule has 2 heterocycles. The Labute approximate surface area is 232 Å². The van der Waals surface area contributed by atoms with Crippen LogP contribution in [0.1, 0.15) is 41.0 Å². The lowest BCUT2D eigenvalue weighted by Crippen LogP contribution is -2.67. The predicted molar refractivity (Wildman–Crippen MR) is 145 cm³/mol. The van der Waals surface area contributed by atoms with Crippen LogP contribution in [0.15, 0.2) is 65.6 Å². The zero-order chi connectivity index (χ0) is 28.8. The average Bonchev–Trinajstić information content (AvgIpc) is 2.91. The number of alkyl halides is 3. The zero-order valence-corrected chi connectivity index (χ0v) is 23.1. The van der Waals surface area contributed by atoms with Gasteiger partial charge in [0.2, 0.25) is 10.0 Å². The molecular weight excluding hydrogens is 544 g/mol. The first-order valence-corrected chi connectivity index (χ1v) is 14.8. The molecule has 3 aromatic rings. The molecule has 10 heteroatoms. The summed E-state index contributed by atoms with van der Waals surface area (Å²) in [7, 11) is -4.43. The summed E-state index contributed by atoms with van der Waals surface area (Å²) in [6.45, 7) is 4.30. The summed E-state index contributed by atoms with van der Waals surface area (Å²) in [6, 6.07) is 14.7. The molecule has 2 unspecified atom stereocenters. The summed E-state index contributed by atoms with van der Waals surface area (Å²) in [5, 5.41) is 10.2. The summed E-state index contributed by atoms with van der Waals surface area (Å²) in [5.74, 6) is -0.469. The van der Waals surface area contributed by atoms with E-state index in [0.717, 1.165) is 34.4 Å². The molecule has 40 heavy (non-hydrogen) atoms. The molecule has 2 aliphatic rings. The van der Waals surface area contributed by atoms with Gasteiger partial charge < -0.3 is 5.11 Å². The number of sulfonamides is 1. The fraction of sp³-hybridized carbons (Fsp3) is 0.400. The highest BCUT2D eigenvalue weighted by Crippen LogP contribution is 2.44. The van der Waals surface area contributed by atoms with E-state index in [4.69, 9.17) is 0 Å². The van der Waals surface area contributed by atoms with Crippen LogP contribution in [-0.4, -0.2) is 61.1 Å². The number of fused-ring (bicyclic) bond motifs is 1. The molecule has 5 nitrogen and oxygen atoms in total. The van der Waals surface area contributed by atoms with Gasteiger partial charge in [-0.25, -0.2) is 12.8 Å². The van der Waals surface area contributed by atoms with E-state index in [0.29, 0.717) is 24.9 Å². The van der Waals surface area contributed by atoms with Crippen LogP contribution in [0.5, 0.6) is 0 Å². The normalized spacial score (nSPS) is 22.7. The van der Waals surface area contributed by atoms with Gasteiger partial charge in [0.15, 0.2) is 0 Å². The Kier molecular flexibility index (Phi) is 7.82. The van der Waals surface area contributed by atoms with Crippen molar-refractivity contribution >= 4 is 10.0 Å². The van der Waals surface area contributed by atoms with Gasteiger partial charge in [-0.15, -0.1) is 0 Å². The maximum Gasteiger partial charge on any atom is 0.417 e. The number of aliphatic hydroxyl groups excluding tert-OH is 1. The fourth-order valence-corrected chi connectivity index (χ4v) is 7.89. The van der Waals surface area contributed by atoms with E-state index in [2.05, 4.69) is 4.90 Å². The van der Waals surface area contributed by atoms with Crippen molar-refractivity contribution in [1.29, 1.82) is 0 Å². The quantitative estimate of drug-likeness (QED) is 0.394. The van der Waals surface area contributed by atoms with Gasteiger partial charge in [-0.05, 0) is 79.3 Å². The Hall–Kier alpha value is -2.79. The van der Waals surface area contributed by atoms with Gasteiger partial charge in [0.25, 0.3) is 0 Å². The zero-order valence-electron chi connectivity index (χ0n) is 22.3. The monoisotopic (exact) mass is 576 g/mol. The molecule has 3 atom stereocenters. The Morgan fingerprint density at radius 1 is 0.925 bits per heavy atom. The Morgan fingerprint density at radius 3 is 2.27 bits per heavy atom. The molecular formula is C30H32F4N2O3S. The summed E-state index contributed by atoms with van der Waals surface area (Å²) in [4.78, 5) is 1.34. The number of benzene rings is 3. The molecule has 3 aromatic carbocycles.